The molecule has 0 unspecified atom stereocenters. The molecule has 0 amide bonds. The number of hydrogen-bond acceptors (Lipinski definition) is 2. The van der Waals surface area contributed by atoms with Crippen molar-refractivity contribution in [1.29, 1.82) is 0 Å². The van der Waals surface area contributed by atoms with Crippen LogP contribution in [-0.2, 0) is 4.74 Å². The van der Waals surface area contributed by atoms with Crippen LogP contribution in [0, 0.1) is 5.92 Å². The molecule has 0 aliphatic rings. The van der Waals surface area contributed by atoms with Crippen LogP contribution < -0.4 is 0 Å². The van der Waals surface area contributed by atoms with Gasteiger partial charge in [-0.05, 0) is 11.5 Å². The average Bonchev–Trinajstić information content (AvgIpc) is 2.25. The van der Waals surface area contributed by atoms with Crippen LogP contribution in [0.25, 0.3) is 0 Å². The van der Waals surface area contributed by atoms with E-state index in [4.69, 9.17) is 4.74 Å². The molecule has 1 aromatic carbocycles. The summed E-state index contributed by atoms with van der Waals surface area (Å²) in [6, 6.07) is 10.4. The molecule has 15 heavy (non-hydrogen) atoms. The fraction of sp³-hybridized carbons (Fsp3) is 0.462. The molecule has 0 spiro atoms. The summed E-state index contributed by atoms with van der Waals surface area (Å²) in [5.41, 5.74) is 1.14. The van der Waals surface area contributed by atoms with Crippen LogP contribution in [0.2, 0.25) is 0 Å². The van der Waals surface area contributed by atoms with E-state index in [1.165, 1.54) is 0 Å². The highest BCUT2D eigenvalue weighted by Gasteiger charge is 2.09. The molecule has 1 atom stereocenters. The summed E-state index contributed by atoms with van der Waals surface area (Å²) in [7, 11) is 1.72. The number of nitrogens with zero attached hydrogens (tertiary/aromatic N) is 1. The lowest BCUT2D eigenvalue weighted by Gasteiger charge is -2.14. The van der Waals surface area contributed by atoms with Gasteiger partial charge in [-0.2, -0.15) is 0 Å². The largest absolute Gasteiger partial charge is 0.382 e. The SMILES string of the molecule is COC[C@@H](N=Cc1ccccc1)C(C)C. The van der Waals surface area contributed by atoms with Gasteiger partial charge < -0.3 is 4.74 Å². The summed E-state index contributed by atoms with van der Waals surface area (Å²) in [5, 5.41) is 0. The third-order valence-electron chi connectivity index (χ3n) is 2.32. The summed E-state index contributed by atoms with van der Waals surface area (Å²) in [4.78, 5) is 4.53. The minimum Gasteiger partial charge on any atom is -0.382 e. The molecule has 0 bridgehead atoms. The predicted octanol–water partition coefficient (Wildman–Crippen LogP) is 2.78. The maximum absolute atomic E-state index is 5.14. The van der Waals surface area contributed by atoms with Gasteiger partial charge in [-0.15, -0.1) is 0 Å². The lowest BCUT2D eigenvalue weighted by atomic mass is 10.1. The predicted molar refractivity (Wildman–Crippen MR) is 64.5 cm³/mol. The molecular weight excluding hydrogens is 186 g/mol. The average molecular weight is 205 g/mol. The maximum atomic E-state index is 5.14. The van der Waals surface area contributed by atoms with Crippen molar-refractivity contribution < 1.29 is 4.74 Å². The van der Waals surface area contributed by atoms with Gasteiger partial charge in [0.1, 0.15) is 0 Å². The van der Waals surface area contributed by atoms with Crippen molar-refractivity contribution in [2.24, 2.45) is 10.9 Å². The molecule has 0 radical (unpaired) electrons. The van der Waals surface area contributed by atoms with Crippen molar-refractivity contribution in [3.05, 3.63) is 35.9 Å². The van der Waals surface area contributed by atoms with Crippen molar-refractivity contribution in [2.45, 2.75) is 19.9 Å². The van der Waals surface area contributed by atoms with E-state index in [9.17, 15) is 0 Å². The molecule has 0 saturated heterocycles. The van der Waals surface area contributed by atoms with Crippen molar-refractivity contribution in [2.75, 3.05) is 13.7 Å². The molecule has 82 valence electrons. The first-order valence-electron chi connectivity index (χ1n) is 5.31. The van der Waals surface area contributed by atoms with Gasteiger partial charge in [0.05, 0.1) is 12.6 Å². The normalized spacial score (nSPS) is 13.6. The standard InChI is InChI=1S/C13H19NO/c1-11(2)13(10-15-3)14-9-12-7-5-4-6-8-12/h4-9,11,13H,10H2,1-3H3/t13-/m1/s1. The van der Waals surface area contributed by atoms with Gasteiger partial charge in [0.15, 0.2) is 0 Å². The van der Waals surface area contributed by atoms with Gasteiger partial charge in [-0.1, -0.05) is 44.2 Å². The first kappa shape index (κ1) is 11.9. The number of methoxy groups -OCH3 is 1. The van der Waals surface area contributed by atoms with Gasteiger partial charge in [-0.3, -0.25) is 4.99 Å². The number of ether oxygens (including phenoxy) is 1. The van der Waals surface area contributed by atoms with E-state index in [2.05, 4.69) is 18.8 Å². The molecule has 0 aliphatic heterocycles. The molecule has 2 heteroatoms. The van der Waals surface area contributed by atoms with Crippen LogP contribution in [0.4, 0.5) is 0 Å². The van der Waals surface area contributed by atoms with Crippen LogP contribution in [0.1, 0.15) is 19.4 Å². The highest BCUT2D eigenvalue weighted by Crippen LogP contribution is 2.07. The Bertz CT molecular complexity index is 293. The lowest BCUT2D eigenvalue weighted by Crippen LogP contribution is -2.19. The Hall–Kier alpha value is -1.15. The van der Waals surface area contributed by atoms with E-state index in [-0.39, 0.29) is 6.04 Å². The zero-order chi connectivity index (χ0) is 11.1. The zero-order valence-corrected chi connectivity index (χ0v) is 9.68. The van der Waals surface area contributed by atoms with E-state index in [0.29, 0.717) is 12.5 Å². The zero-order valence-electron chi connectivity index (χ0n) is 9.68. The number of rotatable bonds is 5. The van der Waals surface area contributed by atoms with Crippen molar-refractivity contribution in [3.63, 3.8) is 0 Å². The van der Waals surface area contributed by atoms with Crippen LogP contribution in [-0.4, -0.2) is 26.0 Å². The van der Waals surface area contributed by atoms with Crippen molar-refractivity contribution in [3.8, 4) is 0 Å². The minimum absolute atomic E-state index is 0.246. The first-order valence-corrected chi connectivity index (χ1v) is 5.31. The molecular formula is C13H19NO. The van der Waals surface area contributed by atoms with Crippen LogP contribution >= 0.6 is 0 Å². The second-order valence-electron chi connectivity index (χ2n) is 3.96. The summed E-state index contributed by atoms with van der Waals surface area (Å²) in [6.45, 7) is 5.00. The summed E-state index contributed by atoms with van der Waals surface area (Å²) >= 11 is 0. The molecule has 0 heterocycles. The third kappa shape index (κ3) is 4.26. The highest BCUT2D eigenvalue weighted by atomic mass is 16.5. The Morgan fingerprint density at radius 1 is 1.27 bits per heavy atom. The van der Waals surface area contributed by atoms with Crippen LogP contribution in [0.5, 0.6) is 0 Å². The van der Waals surface area contributed by atoms with Crippen molar-refractivity contribution in [1.82, 2.24) is 0 Å². The quantitative estimate of drug-likeness (QED) is 0.677. The van der Waals surface area contributed by atoms with Crippen molar-refractivity contribution >= 4 is 6.21 Å². The fourth-order valence-corrected chi connectivity index (χ4v) is 1.30. The summed E-state index contributed by atoms with van der Waals surface area (Å²) in [6.07, 6.45) is 1.92. The lowest BCUT2D eigenvalue weighted by molar-refractivity contribution is 0.165. The molecule has 0 fully saturated rings. The minimum atomic E-state index is 0.246. The van der Waals surface area contributed by atoms with Crippen LogP contribution in [0.15, 0.2) is 35.3 Å². The topological polar surface area (TPSA) is 21.6 Å². The van der Waals surface area contributed by atoms with Gasteiger partial charge in [0.25, 0.3) is 0 Å². The number of aliphatic imine (C=N–C) groups is 1. The molecule has 1 aromatic rings. The van der Waals surface area contributed by atoms with Gasteiger partial charge in [0.2, 0.25) is 0 Å². The van der Waals surface area contributed by atoms with E-state index in [0.717, 1.165) is 5.56 Å². The molecule has 0 N–H and O–H groups in total. The van der Waals surface area contributed by atoms with Gasteiger partial charge in [-0.25, -0.2) is 0 Å². The van der Waals surface area contributed by atoms with E-state index < -0.39 is 0 Å². The fourth-order valence-electron chi connectivity index (χ4n) is 1.30. The second kappa shape index (κ2) is 6.36. The van der Waals surface area contributed by atoms with Gasteiger partial charge in [0, 0.05) is 13.3 Å². The van der Waals surface area contributed by atoms with Crippen LogP contribution in [0.3, 0.4) is 0 Å². The van der Waals surface area contributed by atoms with E-state index in [1.54, 1.807) is 7.11 Å². The van der Waals surface area contributed by atoms with E-state index in [1.807, 2.05) is 36.5 Å². The highest BCUT2D eigenvalue weighted by molar-refractivity contribution is 5.79. The number of hydrogen-bond donors (Lipinski definition) is 0. The molecule has 0 aromatic heterocycles. The Balaban J connectivity index is 2.61. The monoisotopic (exact) mass is 205 g/mol. The molecule has 1 rings (SSSR count). The first-order chi connectivity index (χ1) is 7.24. The van der Waals surface area contributed by atoms with E-state index >= 15 is 0 Å². The smallest absolute Gasteiger partial charge is 0.0755 e. The Morgan fingerprint density at radius 3 is 2.47 bits per heavy atom. The number of benzene rings is 1. The van der Waals surface area contributed by atoms with Gasteiger partial charge >= 0.3 is 0 Å². The third-order valence-corrected chi connectivity index (χ3v) is 2.32. The molecule has 0 saturated carbocycles. The second-order valence-corrected chi connectivity index (χ2v) is 3.96. The molecule has 0 aliphatic carbocycles. The maximum Gasteiger partial charge on any atom is 0.0755 e. The Labute approximate surface area is 92.0 Å². The summed E-state index contributed by atoms with van der Waals surface area (Å²) in [5.74, 6) is 0.505. The Morgan fingerprint density at radius 2 is 1.93 bits per heavy atom. The molecule has 2 nitrogen and oxygen atoms in total. The summed E-state index contributed by atoms with van der Waals surface area (Å²) < 4.78 is 5.14. The Kier molecular flexibility index (Phi) is 5.05.